The van der Waals surface area contributed by atoms with E-state index in [-0.39, 0.29) is 5.56 Å². The summed E-state index contributed by atoms with van der Waals surface area (Å²) in [5, 5.41) is 20.1. The molecule has 0 aliphatic rings. The fourth-order valence-corrected chi connectivity index (χ4v) is 1.95. The van der Waals surface area contributed by atoms with Gasteiger partial charge in [-0.05, 0) is 12.5 Å². The van der Waals surface area contributed by atoms with Gasteiger partial charge in [0.2, 0.25) is 0 Å². The number of hydrogen-bond acceptors (Lipinski definition) is 3. The molecule has 0 aliphatic heterocycles. The van der Waals surface area contributed by atoms with Gasteiger partial charge < -0.3 is 10.3 Å². The molecule has 5 nitrogen and oxygen atoms in total. The molecule has 0 fully saturated rings. The number of hydrogen-bond donors (Lipinski definition) is 2. The highest BCUT2D eigenvalue weighted by molar-refractivity contribution is 5.92. The number of benzene rings is 1. The van der Waals surface area contributed by atoms with Crippen molar-refractivity contribution < 1.29 is 15.1 Å². The maximum atomic E-state index is 11.3. The van der Waals surface area contributed by atoms with Crippen LogP contribution < -0.4 is 5.36 Å². The van der Waals surface area contributed by atoms with E-state index >= 15 is 0 Å². The fraction of sp³-hybridized carbons (Fsp3) is 0.286. The van der Waals surface area contributed by atoms with E-state index in [9.17, 15) is 15.1 Å². The zero-order valence-electron chi connectivity index (χ0n) is 10.7. The van der Waals surface area contributed by atoms with E-state index in [1.807, 2.05) is 0 Å². The second-order valence-electron chi connectivity index (χ2n) is 4.29. The quantitative estimate of drug-likeness (QED) is 0.654. The van der Waals surface area contributed by atoms with Crippen molar-refractivity contribution in [3.63, 3.8) is 0 Å². The van der Waals surface area contributed by atoms with E-state index in [4.69, 9.17) is 0 Å². The van der Waals surface area contributed by atoms with Crippen LogP contribution in [0.2, 0.25) is 0 Å². The average molecular weight is 260 g/mol. The lowest BCUT2D eigenvalue weighted by Gasteiger charge is -2.07. The van der Waals surface area contributed by atoms with Crippen molar-refractivity contribution in [2.24, 2.45) is 4.99 Å². The molecule has 19 heavy (non-hydrogen) atoms. The molecule has 0 aliphatic carbocycles. The van der Waals surface area contributed by atoms with E-state index in [0.717, 1.165) is 17.6 Å². The molecular formula is C14H16N2O3. The van der Waals surface area contributed by atoms with Crippen LogP contribution in [-0.2, 0) is 0 Å². The first-order valence-electron chi connectivity index (χ1n) is 6.22. The number of aromatic nitrogens is 1. The molecule has 0 saturated heterocycles. The van der Waals surface area contributed by atoms with Gasteiger partial charge in [-0.15, -0.1) is 0 Å². The second kappa shape index (κ2) is 5.56. The minimum Gasteiger partial charge on any atom is -0.478 e. The summed E-state index contributed by atoms with van der Waals surface area (Å²) in [4.78, 5) is 15.6. The molecule has 0 spiro atoms. The van der Waals surface area contributed by atoms with E-state index in [1.165, 1.54) is 6.20 Å². The molecule has 2 rings (SSSR count). The van der Waals surface area contributed by atoms with Gasteiger partial charge in [0.25, 0.3) is 0 Å². The Balaban J connectivity index is 2.75. The molecule has 100 valence electrons. The fourth-order valence-electron chi connectivity index (χ4n) is 1.95. The van der Waals surface area contributed by atoms with Crippen molar-refractivity contribution in [1.29, 1.82) is 0 Å². The van der Waals surface area contributed by atoms with Crippen molar-refractivity contribution in [1.82, 2.24) is 4.73 Å². The Bertz CT molecular complexity index is 674. The highest BCUT2D eigenvalue weighted by Crippen LogP contribution is 2.10. The topological polar surface area (TPSA) is 74.8 Å². The van der Waals surface area contributed by atoms with Crippen LogP contribution in [0.3, 0.4) is 0 Å². The van der Waals surface area contributed by atoms with Crippen molar-refractivity contribution in [2.45, 2.75) is 19.8 Å². The number of carboxylic acid groups (broad SMARTS) is 1. The third-order valence-electron chi connectivity index (χ3n) is 2.92. The Hall–Kier alpha value is -2.30. The molecule has 1 heterocycles. The van der Waals surface area contributed by atoms with Gasteiger partial charge in [-0.1, -0.05) is 31.5 Å². The molecule has 5 heteroatoms. The Kier molecular flexibility index (Phi) is 3.85. The Morgan fingerprint density at radius 2 is 2.11 bits per heavy atom. The first-order valence-corrected chi connectivity index (χ1v) is 6.22. The van der Waals surface area contributed by atoms with Crippen molar-refractivity contribution in [3.8, 4) is 0 Å². The third-order valence-corrected chi connectivity index (χ3v) is 2.92. The number of nitrogens with zero attached hydrogens (tertiary/aromatic N) is 2. The highest BCUT2D eigenvalue weighted by atomic mass is 16.5. The van der Waals surface area contributed by atoms with Crippen LogP contribution in [0.1, 0.15) is 30.1 Å². The molecule has 2 aromatic rings. The number of pyridine rings is 1. The number of fused-ring (bicyclic) bond motifs is 1. The van der Waals surface area contributed by atoms with Gasteiger partial charge >= 0.3 is 5.97 Å². The van der Waals surface area contributed by atoms with Gasteiger partial charge in [0.05, 0.1) is 17.1 Å². The molecule has 0 atom stereocenters. The van der Waals surface area contributed by atoms with E-state index in [1.54, 1.807) is 24.3 Å². The van der Waals surface area contributed by atoms with Gasteiger partial charge in [-0.3, -0.25) is 4.99 Å². The second-order valence-corrected chi connectivity index (χ2v) is 4.29. The summed E-state index contributed by atoms with van der Waals surface area (Å²) in [7, 11) is 0. The van der Waals surface area contributed by atoms with Crippen molar-refractivity contribution >= 4 is 16.9 Å². The summed E-state index contributed by atoms with van der Waals surface area (Å²) in [6.45, 7) is 2.63. The summed E-state index contributed by atoms with van der Waals surface area (Å²) in [6, 6.07) is 7.07. The number of unbranched alkanes of at least 4 members (excludes halogenated alkanes) is 1. The highest BCUT2D eigenvalue weighted by Gasteiger charge is 2.12. The smallest absolute Gasteiger partial charge is 0.339 e. The van der Waals surface area contributed by atoms with E-state index < -0.39 is 5.97 Å². The predicted molar refractivity (Wildman–Crippen MR) is 71.4 cm³/mol. The lowest BCUT2D eigenvalue weighted by Crippen LogP contribution is -2.20. The predicted octanol–water partition coefficient (Wildman–Crippen LogP) is 2.28. The lowest BCUT2D eigenvalue weighted by atomic mass is 10.1. The van der Waals surface area contributed by atoms with Crippen molar-refractivity contribution in [2.75, 3.05) is 6.54 Å². The first-order chi connectivity index (χ1) is 9.15. The summed E-state index contributed by atoms with van der Waals surface area (Å²) in [5.74, 6) is -1.09. The summed E-state index contributed by atoms with van der Waals surface area (Å²) in [5.41, 5.74) is 0.556. The SMILES string of the molecule is CCCCN=c1c(C(=O)O)cn(O)c2ccccc12. The van der Waals surface area contributed by atoms with Crippen LogP contribution in [0.15, 0.2) is 35.5 Å². The van der Waals surface area contributed by atoms with Crippen molar-refractivity contribution in [3.05, 3.63) is 41.4 Å². The van der Waals surface area contributed by atoms with E-state index in [2.05, 4.69) is 11.9 Å². The Morgan fingerprint density at radius 3 is 2.79 bits per heavy atom. The zero-order valence-corrected chi connectivity index (χ0v) is 10.7. The zero-order chi connectivity index (χ0) is 13.8. The van der Waals surface area contributed by atoms with Crippen LogP contribution >= 0.6 is 0 Å². The molecule has 1 aromatic heterocycles. The maximum absolute atomic E-state index is 11.3. The van der Waals surface area contributed by atoms with Crippen LogP contribution in [0.25, 0.3) is 10.9 Å². The Labute approximate surface area is 110 Å². The summed E-state index contributed by atoms with van der Waals surface area (Å²) < 4.78 is 0.831. The molecule has 0 bridgehead atoms. The molecule has 0 amide bonds. The Morgan fingerprint density at radius 1 is 1.37 bits per heavy atom. The largest absolute Gasteiger partial charge is 0.478 e. The summed E-state index contributed by atoms with van der Waals surface area (Å²) >= 11 is 0. The molecule has 0 radical (unpaired) electrons. The molecule has 1 aromatic carbocycles. The number of rotatable bonds is 4. The van der Waals surface area contributed by atoms with Gasteiger partial charge in [0, 0.05) is 11.9 Å². The monoisotopic (exact) mass is 260 g/mol. The third kappa shape index (κ3) is 2.59. The minimum absolute atomic E-state index is 0.0114. The normalized spacial score (nSPS) is 11.9. The number of carboxylic acids is 1. The van der Waals surface area contributed by atoms with Crippen LogP contribution in [0.5, 0.6) is 0 Å². The number of carbonyl (C=O) groups is 1. The van der Waals surface area contributed by atoms with Gasteiger partial charge in [0.1, 0.15) is 5.56 Å². The number of para-hydroxylation sites is 1. The van der Waals surface area contributed by atoms with Gasteiger partial charge in [-0.25, -0.2) is 4.79 Å². The van der Waals surface area contributed by atoms with Crippen LogP contribution in [-0.4, -0.2) is 27.6 Å². The molecule has 0 saturated carbocycles. The number of aromatic carboxylic acids is 1. The van der Waals surface area contributed by atoms with Gasteiger partial charge in [0.15, 0.2) is 0 Å². The molecule has 2 N–H and O–H groups in total. The van der Waals surface area contributed by atoms with E-state index in [0.29, 0.717) is 22.8 Å². The standard InChI is InChI=1S/C14H16N2O3/c1-2-3-8-15-13-10-6-4-5-7-12(10)16(19)9-11(13)14(17)18/h4-7,9,19H,2-3,8H2,1H3,(H,17,18). The average Bonchev–Trinajstić information content (AvgIpc) is 2.41. The first kappa shape index (κ1) is 13.1. The van der Waals surface area contributed by atoms with Crippen LogP contribution in [0, 0.1) is 0 Å². The lowest BCUT2D eigenvalue weighted by molar-refractivity contribution is 0.0690. The molecule has 0 unspecified atom stereocenters. The van der Waals surface area contributed by atoms with Gasteiger partial charge in [-0.2, -0.15) is 4.73 Å². The van der Waals surface area contributed by atoms with Crippen LogP contribution in [0.4, 0.5) is 0 Å². The maximum Gasteiger partial charge on any atom is 0.339 e. The summed E-state index contributed by atoms with van der Waals surface area (Å²) in [6.07, 6.45) is 3.09. The molecular weight excluding hydrogens is 244 g/mol. The minimum atomic E-state index is -1.09.